The van der Waals surface area contributed by atoms with Gasteiger partial charge in [0.1, 0.15) is 5.82 Å². The lowest BCUT2D eigenvalue weighted by molar-refractivity contribution is 0.0843. The van der Waals surface area contributed by atoms with E-state index in [1.54, 1.807) is 0 Å². The Morgan fingerprint density at radius 2 is 2.26 bits per heavy atom. The molecule has 19 heavy (non-hydrogen) atoms. The third-order valence-electron chi connectivity index (χ3n) is 4.03. The Morgan fingerprint density at radius 3 is 2.95 bits per heavy atom. The van der Waals surface area contributed by atoms with Crippen LogP contribution in [0.3, 0.4) is 0 Å². The third-order valence-corrected chi connectivity index (χ3v) is 4.03. The van der Waals surface area contributed by atoms with Gasteiger partial charge in [-0.25, -0.2) is 4.98 Å². The molecule has 1 heterocycles. The first-order valence-corrected chi connectivity index (χ1v) is 7.25. The normalized spacial score (nSPS) is 22.2. The zero-order valence-electron chi connectivity index (χ0n) is 12.1. The second-order valence-corrected chi connectivity index (χ2v) is 6.12. The highest BCUT2D eigenvalue weighted by atomic mass is 16.2. The number of nitrogens with zero attached hydrogens (tertiary/aromatic N) is 2. The van der Waals surface area contributed by atoms with Gasteiger partial charge in [0.15, 0.2) is 0 Å². The van der Waals surface area contributed by atoms with Crippen LogP contribution in [0.5, 0.6) is 0 Å². The molecular weight excluding hydrogens is 240 g/mol. The predicted molar refractivity (Wildman–Crippen MR) is 73.9 cm³/mol. The summed E-state index contributed by atoms with van der Waals surface area (Å²) < 4.78 is 0. The maximum absolute atomic E-state index is 12.2. The molecule has 1 aromatic heterocycles. The molecule has 106 valence electrons. The molecule has 0 aliphatic heterocycles. The highest BCUT2D eigenvalue weighted by molar-refractivity contribution is 5.90. The summed E-state index contributed by atoms with van der Waals surface area (Å²) in [5.74, 6) is 0.902. The standard InChI is InChI=1S/C14H24N4O/c1-4-7-11-16-12(18-17-11)13(19)15-10-8-5-6-9-14(10,2)3/h10H,4-9H2,1-3H3,(H,15,19)(H,16,17,18). The van der Waals surface area contributed by atoms with Crippen molar-refractivity contribution in [2.75, 3.05) is 0 Å². The fourth-order valence-corrected chi connectivity index (χ4v) is 2.73. The van der Waals surface area contributed by atoms with Crippen LogP contribution in [0.25, 0.3) is 0 Å². The van der Waals surface area contributed by atoms with E-state index in [1.165, 1.54) is 12.8 Å². The van der Waals surface area contributed by atoms with Crippen LogP contribution in [-0.4, -0.2) is 27.1 Å². The second-order valence-electron chi connectivity index (χ2n) is 6.12. The SMILES string of the molecule is CCCc1nc(C(=O)NC2CCCCC2(C)C)n[nH]1. The fourth-order valence-electron chi connectivity index (χ4n) is 2.73. The third kappa shape index (κ3) is 3.33. The molecule has 2 rings (SSSR count). The molecule has 2 N–H and O–H groups in total. The number of aromatic nitrogens is 3. The van der Waals surface area contributed by atoms with Gasteiger partial charge >= 0.3 is 0 Å². The van der Waals surface area contributed by atoms with Crippen molar-refractivity contribution in [1.29, 1.82) is 0 Å². The largest absolute Gasteiger partial charge is 0.346 e. The Labute approximate surface area is 114 Å². The van der Waals surface area contributed by atoms with E-state index in [1.807, 2.05) is 0 Å². The van der Waals surface area contributed by atoms with Gasteiger partial charge in [-0.3, -0.25) is 9.89 Å². The lowest BCUT2D eigenvalue weighted by atomic mass is 9.73. The van der Waals surface area contributed by atoms with Crippen molar-refractivity contribution in [3.8, 4) is 0 Å². The monoisotopic (exact) mass is 264 g/mol. The summed E-state index contributed by atoms with van der Waals surface area (Å²) in [6.07, 6.45) is 6.46. The maximum atomic E-state index is 12.2. The summed E-state index contributed by atoms with van der Waals surface area (Å²) in [6.45, 7) is 6.52. The van der Waals surface area contributed by atoms with Gasteiger partial charge in [-0.05, 0) is 24.7 Å². The first-order valence-electron chi connectivity index (χ1n) is 7.25. The summed E-state index contributed by atoms with van der Waals surface area (Å²) in [6, 6.07) is 0.224. The fraction of sp³-hybridized carbons (Fsp3) is 0.786. The predicted octanol–water partition coefficient (Wildman–Crippen LogP) is 2.46. The number of hydrogen-bond acceptors (Lipinski definition) is 3. The van der Waals surface area contributed by atoms with E-state index in [0.29, 0.717) is 0 Å². The molecule has 5 nitrogen and oxygen atoms in total. The zero-order valence-corrected chi connectivity index (χ0v) is 12.1. The zero-order chi connectivity index (χ0) is 13.9. The van der Waals surface area contributed by atoms with Gasteiger partial charge in [-0.15, -0.1) is 5.10 Å². The van der Waals surface area contributed by atoms with Crippen LogP contribution >= 0.6 is 0 Å². The number of nitrogens with one attached hydrogen (secondary N) is 2. The van der Waals surface area contributed by atoms with Gasteiger partial charge in [0, 0.05) is 12.5 Å². The molecule has 1 aliphatic rings. The lowest BCUT2D eigenvalue weighted by Crippen LogP contribution is -2.47. The average Bonchev–Trinajstić information content (AvgIpc) is 2.81. The van der Waals surface area contributed by atoms with Crippen molar-refractivity contribution in [3.05, 3.63) is 11.6 Å². The summed E-state index contributed by atoms with van der Waals surface area (Å²) >= 11 is 0. The number of aromatic amines is 1. The van der Waals surface area contributed by atoms with E-state index in [-0.39, 0.29) is 23.2 Å². The minimum absolute atomic E-state index is 0.154. The highest BCUT2D eigenvalue weighted by Gasteiger charge is 2.33. The first-order chi connectivity index (χ1) is 9.03. The van der Waals surface area contributed by atoms with Crippen LogP contribution in [0.2, 0.25) is 0 Å². The minimum atomic E-state index is -0.154. The molecule has 0 bridgehead atoms. The number of hydrogen-bond donors (Lipinski definition) is 2. The van der Waals surface area contributed by atoms with Crippen LogP contribution in [0.15, 0.2) is 0 Å². The van der Waals surface area contributed by atoms with Gasteiger partial charge in [0.25, 0.3) is 5.91 Å². The number of carbonyl (C=O) groups excluding carboxylic acids is 1. The summed E-state index contributed by atoms with van der Waals surface area (Å²) in [7, 11) is 0. The minimum Gasteiger partial charge on any atom is -0.346 e. The molecule has 1 amide bonds. The van der Waals surface area contributed by atoms with Crippen molar-refractivity contribution in [2.24, 2.45) is 5.41 Å². The Bertz CT molecular complexity index is 438. The summed E-state index contributed by atoms with van der Waals surface area (Å²) in [4.78, 5) is 16.4. The molecule has 0 saturated heterocycles. The Kier molecular flexibility index (Phi) is 4.22. The summed E-state index contributed by atoms with van der Waals surface area (Å²) in [5.41, 5.74) is 0.163. The van der Waals surface area contributed by atoms with E-state index in [4.69, 9.17) is 0 Å². The van der Waals surface area contributed by atoms with Crippen LogP contribution < -0.4 is 5.32 Å². The number of amides is 1. The second kappa shape index (κ2) is 5.72. The Morgan fingerprint density at radius 1 is 1.47 bits per heavy atom. The van der Waals surface area contributed by atoms with Crippen LogP contribution in [-0.2, 0) is 6.42 Å². The number of rotatable bonds is 4. The Hall–Kier alpha value is -1.39. The topological polar surface area (TPSA) is 70.7 Å². The van der Waals surface area contributed by atoms with Crippen LogP contribution in [0, 0.1) is 5.41 Å². The van der Waals surface area contributed by atoms with Crippen molar-refractivity contribution in [1.82, 2.24) is 20.5 Å². The Balaban J connectivity index is 1.99. The van der Waals surface area contributed by atoms with Crippen molar-refractivity contribution >= 4 is 5.91 Å². The molecule has 1 atom stereocenters. The van der Waals surface area contributed by atoms with Crippen molar-refractivity contribution < 1.29 is 4.79 Å². The molecule has 0 spiro atoms. The van der Waals surface area contributed by atoms with Crippen LogP contribution in [0.4, 0.5) is 0 Å². The molecule has 1 aliphatic carbocycles. The van der Waals surface area contributed by atoms with Gasteiger partial charge < -0.3 is 5.32 Å². The van der Waals surface area contributed by atoms with E-state index in [2.05, 4.69) is 41.3 Å². The summed E-state index contributed by atoms with van der Waals surface area (Å²) in [5, 5.41) is 9.92. The van der Waals surface area contributed by atoms with Gasteiger partial charge in [0.2, 0.25) is 5.82 Å². The molecule has 1 aromatic rings. The van der Waals surface area contributed by atoms with E-state index < -0.39 is 0 Å². The number of H-pyrrole nitrogens is 1. The molecular formula is C14H24N4O. The molecule has 1 fully saturated rings. The van der Waals surface area contributed by atoms with Gasteiger partial charge in [-0.1, -0.05) is 33.6 Å². The molecule has 1 unspecified atom stereocenters. The van der Waals surface area contributed by atoms with E-state index in [0.717, 1.165) is 31.5 Å². The molecule has 1 saturated carbocycles. The smallest absolute Gasteiger partial charge is 0.291 e. The first kappa shape index (κ1) is 14.0. The van der Waals surface area contributed by atoms with Gasteiger partial charge in [0.05, 0.1) is 0 Å². The average molecular weight is 264 g/mol. The maximum Gasteiger partial charge on any atom is 0.291 e. The number of carbonyl (C=O) groups is 1. The highest BCUT2D eigenvalue weighted by Crippen LogP contribution is 2.35. The molecule has 0 aromatic carbocycles. The van der Waals surface area contributed by atoms with Gasteiger partial charge in [-0.2, -0.15) is 0 Å². The quantitative estimate of drug-likeness (QED) is 0.877. The van der Waals surface area contributed by atoms with Crippen LogP contribution in [0.1, 0.15) is 69.3 Å². The van der Waals surface area contributed by atoms with Crippen molar-refractivity contribution in [3.63, 3.8) is 0 Å². The molecule has 0 radical (unpaired) electrons. The van der Waals surface area contributed by atoms with E-state index in [9.17, 15) is 4.79 Å². The lowest BCUT2D eigenvalue weighted by Gasteiger charge is -2.38. The number of aryl methyl sites for hydroxylation is 1. The van der Waals surface area contributed by atoms with E-state index >= 15 is 0 Å². The van der Waals surface area contributed by atoms with Crippen molar-refractivity contribution in [2.45, 2.75) is 65.3 Å². The molecule has 5 heteroatoms.